The summed E-state index contributed by atoms with van der Waals surface area (Å²) in [5.74, 6) is -1.91. The number of nitrogens with one attached hydrogen (secondary N) is 2. The largest absolute Gasteiger partial charge is 0.480 e. The molecule has 5 N–H and O–H groups in total. The van der Waals surface area contributed by atoms with Crippen LogP contribution in [0.4, 0.5) is 5.13 Å². The number of aliphatic carboxylic acids is 1. The Hall–Kier alpha value is -3.28. The van der Waals surface area contributed by atoms with Gasteiger partial charge in [0.15, 0.2) is 5.13 Å². The minimum absolute atomic E-state index is 0.0616. The van der Waals surface area contributed by atoms with Gasteiger partial charge in [-0.15, -0.1) is 11.3 Å². The number of hydrogen-bond donors (Lipinski definition) is 4. The van der Waals surface area contributed by atoms with Gasteiger partial charge in [0.2, 0.25) is 10.0 Å². The van der Waals surface area contributed by atoms with Gasteiger partial charge in [-0.3, -0.25) is 9.59 Å². The van der Waals surface area contributed by atoms with Crippen LogP contribution in [-0.2, 0) is 27.7 Å². The Kier molecular flexibility index (Phi) is 7.57. The molecule has 0 unspecified atom stereocenters. The molecule has 11 heteroatoms. The Balaban J connectivity index is 1.56. The molecule has 0 saturated carbocycles. The third-order valence-electron chi connectivity index (χ3n) is 4.57. The van der Waals surface area contributed by atoms with Crippen LogP contribution in [0, 0.1) is 0 Å². The predicted octanol–water partition coefficient (Wildman–Crippen LogP) is 1.67. The average molecular weight is 475 g/mol. The van der Waals surface area contributed by atoms with Gasteiger partial charge in [-0.05, 0) is 42.7 Å². The first-order valence-corrected chi connectivity index (χ1v) is 12.0. The number of thiazole rings is 1. The molecule has 168 valence electrons. The number of carbonyl (C=O) groups is 2. The zero-order valence-corrected chi connectivity index (χ0v) is 18.5. The van der Waals surface area contributed by atoms with Crippen molar-refractivity contribution < 1.29 is 23.1 Å². The van der Waals surface area contributed by atoms with E-state index in [4.69, 9.17) is 5.73 Å². The van der Waals surface area contributed by atoms with Gasteiger partial charge in [0.25, 0.3) is 5.91 Å². The SMILES string of the molecule is Nc1nc(CCc2ccc(C(=O)NC[C@H](NS(=O)(=O)c3ccccc3)C(=O)O)cc2)cs1. The van der Waals surface area contributed by atoms with Crippen LogP contribution in [0.25, 0.3) is 0 Å². The lowest BCUT2D eigenvalue weighted by Gasteiger charge is -2.15. The summed E-state index contributed by atoms with van der Waals surface area (Å²) in [6, 6.07) is 12.8. The summed E-state index contributed by atoms with van der Waals surface area (Å²) < 4.78 is 26.8. The number of aryl methyl sites for hydroxylation is 2. The minimum Gasteiger partial charge on any atom is -0.480 e. The zero-order chi connectivity index (χ0) is 23.1. The standard InChI is InChI=1S/C21H22N4O5S2/c22-21-24-16(13-31-21)11-8-14-6-9-15(10-7-14)19(26)23-12-18(20(27)28)25-32(29,30)17-4-2-1-3-5-17/h1-7,9-10,13,18,25H,8,11-12H2,(H2,22,24)(H,23,26)(H,27,28)/t18-/m0/s1. The molecule has 9 nitrogen and oxygen atoms in total. The van der Waals surface area contributed by atoms with Gasteiger partial charge < -0.3 is 16.2 Å². The van der Waals surface area contributed by atoms with Crippen LogP contribution in [0.3, 0.4) is 0 Å². The number of benzene rings is 2. The number of nitrogens with two attached hydrogens (primary N) is 1. The third kappa shape index (κ3) is 6.36. The third-order valence-corrected chi connectivity index (χ3v) is 6.78. The molecule has 3 aromatic rings. The Morgan fingerprint density at radius 1 is 1.06 bits per heavy atom. The van der Waals surface area contributed by atoms with Crippen LogP contribution >= 0.6 is 11.3 Å². The molecule has 1 amide bonds. The molecule has 0 bridgehead atoms. The van der Waals surface area contributed by atoms with E-state index in [1.165, 1.54) is 35.6 Å². The smallest absolute Gasteiger partial charge is 0.323 e. The van der Waals surface area contributed by atoms with Gasteiger partial charge in [-0.25, -0.2) is 13.4 Å². The van der Waals surface area contributed by atoms with E-state index in [0.29, 0.717) is 10.7 Å². The van der Waals surface area contributed by atoms with Gasteiger partial charge in [-0.2, -0.15) is 4.72 Å². The number of carboxylic acids is 1. The molecule has 0 aliphatic rings. The van der Waals surface area contributed by atoms with Crippen LogP contribution in [0.15, 0.2) is 64.9 Å². The lowest BCUT2D eigenvalue weighted by Crippen LogP contribution is -2.48. The van der Waals surface area contributed by atoms with Crippen molar-refractivity contribution >= 4 is 38.4 Å². The maximum absolute atomic E-state index is 12.4. The summed E-state index contributed by atoms with van der Waals surface area (Å²) in [4.78, 5) is 28.0. The van der Waals surface area contributed by atoms with Crippen LogP contribution in [-0.4, -0.2) is 43.0 Å². The molecule has 0 radical (unpaired) electrons. The van der Waals surface area contributed by atoms with E-state index in [1.54, 1.807) is 30.3 Å². The van der Waals surface area contributed by atoms with Gasteiger partial charge in [0, 0.05) is 17.5 Å². The van der Waals surface area contributed by atoms with E-state index in [9.17, 15) is 23.1 Å². The second kappa shape index (κ2) is 10.4. The number of sulfonamides is 1. The molecule has 0 saturated heterocycles. The first kappa shape index (κ1) is 23.4. The van der Waals surface area contributed by atoms with E-state index in [2.05, 4.69) is 15.0 Å². The van der Waals surface area contributed by atoms with Gasteiger partial charge in [0.05, 0.1) is 10.6 Å². The fourth-order valence-electron chi connectivity index (χ4n) is 2.86. The predicted molar refractivity (Wildman–Crippen MR) is 121 cm³/mol. The van der Waals surface area contributed by atoms with Crippen molar-refractivity contribution in [3.8, 4) is 0 Å². The van der Waals surface area contributed by atoms with Gasteiger partial charge >= 0.3 is 5.97 Å². The second-order valence-corrected chi connectivity index (χ2v) is 9.51. The molecule has 0 aliphatic heterocycles. The van der Waals surface area contributed by atoms with E-state index in [-0.39, 0.29) is 4.90 Å². The van der Waals surface area contributed by atoms with E-state index in [0.717, 1.165) is 24.1 Å². The maximum Gasteiger partial charge on any atom is 0.323 e. The van der Waals surface area contributed by atoms with Crippen molar-refractivity contribution in [3.05, 3.63) is 76.8 Å². The Morgan fingerprint density at radius 3 is 2.34 bits per heavy atom. The Bertz CT molecular complexity index is 1180. The number of nitrogens with zero attached hydrogens (tertiary/aromatic N) is 1. The highest BCUT2D eigenvalue weighted by Gasteiger charge is 2.26. The fraction of sp³-hybridized carbons (Fsp3) is 0.190. The number of anilines is 1. The first-order chi connectivity index (χ1) is 15.2. The molecule has 1 heterocycles. The molecule has 3 rings (SSSR count). The Morgan fingerprint density at radius 2 is 1.75 bits per heavy atom. The van der Waals surface area contributed by atoms with Crippen LogP contribution in [0.2, 0.25) is 0 Å². The summed E-state index contributed by atoms with van der Waals surface area (Å²) in [5.41, 5.74) is 7.87. The molecule has 32 heavy (non-hydrogen) atoms. The van der Waals surface area contributed by atoms with Gasteiger partial charge in [0.1, 0.15) is 6.04 Å². The quantitative estimate of drug-likeness (QED) is 0.349. The summed E-state index contributed by atoms with van der Waals surface area (Å²) in [7, 11) is -4.04. The van der Waals surface area contributed by atoms with Crippen molar-refractivity contribution in [1.29, 1.82) is 0 Å². The van der Waals surface area contributed by atoms with Crippen molar-refractivity contribution in [2.45, 2.75) is 23.8 Å². The molecule has 0 aliphatic carbocycles. The number of amides is 1. The van der Waals surface area contributed by atoms with Crippen molar-refractivity contribution in [3.63, 3.8) is 0 Å². The number of rotatable bonds is 10. The van der Waals surface area contributed by atoms with E-state index < -0.39 is 34.5 Å². The molecule has 0 spiro atoms. The first-order valence-electron chi connectivity index (χ1n) is 9.62. The van der Waals surface area contributed by atoms with E-state index in [1.807, 2.05) is 5.38 Å². The summed E-state index contributed by atoms with van der Waals surface area (Å²) in [6.07, 6.45) is 1.45. The number of aromatic nitrogens is 1. The summed E-state index contributed by atoms with van der Waals surface area (Å²) in [6.45, 7) is -0.409. The lowest BCUT2D eigenvalue weighted by atomic mass is 10.1. The average Bonchev–Trinajstić information content (AvgIpc) is 3.21. The van der Waals surface area contributed by atoms with Crippen molar-refractivity contribution in [1.82, 2.24) is 15.0 Å². The van der Waals surface area contributed by atoms with Crippen molar-refractivity contribution in [2.24, 2.45) is 0 Å². The van der Waals surface area contributed by atoms with Crippen molar-refractivity contribution in [2.75, 3.05) is 12.3 Å². The fourth-order valence-corrected chi connectivity index (χ4v) is 4.67. The zero-order valence-electron chi connectivity index (χ0n) is 16.9. The van der Waals surface area contributed by atoms with E-state index >= 15 is 0 Å². The highest BCUT2D eigenvalue weighted by molar-refractivity contribution is 7.89. The van der Waals surface area contributed by atoms with Crippen LogP contribution in [0.5, 0.6) is 0 Å². The number of hydrogen-bond acceptors (Lipinski definition) is 7. The number of nitrogen functional groups attached to an aromatic ring is 1. The summed E-state index contributed by atoms with van der Waals surface area (Å²) in [5, 5.41) is 14.3. The monoisotopic (exact) mass is 474 g/mol. The molecule has 1 atom stereocenters. The molecule has 2 aromatic carbocycles. The molecular formula is C21H22N4O5S2. The number of carboxylic acid groups (broad SMARTS) is 1. The minimum atomic E-state index is -4.04. The highest BCUT2D eigenvalue weighted by atomic mass is 32.2. The number of carbonyl (C=O) groups excluding carboxylic acids is 1. The molecule has 1 aromatic heterocycles. The molecular weight excluding hydrogens is 452 g/mol. The maximum atomic E-state index is 12.4. The Labute approximate surface area is 189 Å². The summed E-state index contributed by atoms with van der Waals surface area (Å²) >= 11 is 1.39. The molecule has 0 fully saturated rings. The lowest BCUT2D eigenvalue weighted by molar-refractivity contribution is -0.138. The van der Waals surface area contributed by atoms with Crippen LogP contribution in [0.1, 0.15) is 21.6 Å². The normalized spacial score (nSPS) is 12.2. The second-order valence-electron chi connectivity index (χ2n) is 6.91. The van der Waals surface area contributed by atoms with Gasteiger partial charge in [-0.1, -0.05) is 30.3 Å². The highest BCUT2D eigenvalue weighted by Crippen LogP contribution is 2.14. The van der Waals surface area contributed by atoms with Crippen LogP contribution < -0.4 is 15.8 Å². The topological polar surface area (TPSA) is 151 Å².